The van der Waals surface area contributed by atoms with Crippen LogP contribution in [0.15, 0.2) is 236 Å². The molecule has 135 heavy (non-hydrogen) atoms. The second-order valence-electron chi connectivity index (χ2n) is 34.8. The number of hydrogen-bond acceptors (Lipinski definition) is 27. The van der Waals surface area contributed by atoms with E-state index in [2.05, 4.69) is 0 Å². The summed E-state index contributed by atoms with van der Waals surface area (Å²) in [7, 11) is -20.1. The predicted molar refractivity (Wildman–Crippen MR) is 507 cm³/mol. The Labute approximate surface area is 785 Å². The number of benzene rings is 6. The molecule has 0 N–H and O–H groups in total. The second kappa shape index (κ2) is 43.1. The number of piperidine rings is 6. The van der Waals surface area contributed by atoms with Crippen molar-refractivity contribution in [3.05, 3.63) is 225 Å². The first kappa shape index (κ1) is 102. The minimum Gasteiger partial charge on any atom is -0.497 e. The highest BCUT2D eigenvalue weighted by molar-refractivity contribution is 7.90. The van der Waals surface area contributed by atoms with Crippen LogP contribution in [0, 0.1) is 41.3 Å². The van der Waals surface area contributed by atoms with Gasteiger partial charge in [-0.25, -0.2) is 83.7 Å². The Morgan fingerprint density at radius 3 is 0.970 bits per heavy atom. The summed E-state index contributed by atoms with van der Waals surface area (Å²) >= 11 is 5.91. The van der Waals surface area contributed by atoms with Crippen LogP contribution in [0.3, 0.4) is 0 Å². The molecule has 6 fully saturated rings. The lowest BCUT2D eigenvalue weighted by molar-refractivity contribution is 0.280. The first-order chi connectivity index (χ1) is 64.0. The van der Waals surface area contributed by atoms with E-state index in [1.54, 1.807) is 97.1 Å². The highest BCUT2D eigenvalue weighted by Crippen LogP contribution is 2.35. The standard InChI is InChI=1S/C17H21NO5S.2C16H19NO5S.C15H16ClNO4S.C15H16FNO4S.C15H17NO4S/c1-3-22-14-8-4-7-13-10-15(17(19)23-16(13)14)24(20,21)18-9-5-6-12(2)11-18;1-11-5-4-8-17(10-11)23(19,20)14-9-12-6-3-7-13(21-2)15(12)22-16(14)18;1-11-4-3-7-17(10-11)23(19,20)15-8-12-5-6-13(21-2)9-14(12)22-16(15)18;2*1-10-3-2-6-17(9-10)22(19,20)14-8-11-7-12(16)4-5-13(11)21-15(14)18;1-11-5-4-8-16(10-11)21(18,19)14-9-12-6-2-3-7-13(12)20-15(14)17/h4,7-8,10,12H,3,5-6,9,11H2,1-2H3;3,6-7,9,11H,4-5,8,10H2,1-2H3;5-6,8-9,11H,3-4,7,10H2,1-2H3;2*4-5,7-8,10H,2-3,6,9H2,1H3;2-3,6-7,9,11H,4-5,8,10H2,1H3. The normalized spacial score (nSPS) is 20.1. The minimum absolute atomic E-state index is 0.164. The van der Waals surface area contributed by atoms with E-state index in [1.165, 1.54) is 82.5 Å². The van der Waals surface area contributed by atoms with Crippen molar-refractivity contribution in [3.8, 4) is 17.2 Å². The molecule has 6 aromatic heterocycles. The van der Waals surface area contributed by atoms with E-state index in [0.717, 1.165) is 89.2 Å². The fraction of sp³-hybridized carbons (Fsp3) is 0.426. The Hall–Kier alpha value is -10.3. The first-order valence-electron chi connectivity index (χ1n) is 44.4. The molecule has 6 aromatic carbocycles. The molecule has 6 saturated heterocycles. The van der Waals surface area contributed by atoms with Gasteiger partial charge in [-0.3, -0.25) is 0 Å². The fourth-order valence-electron chi connectivity index (χ4n) is 17.1. The number of halogens is 2. The van der Waals surface area contributed by atoms with Crippen LogP contribution in [-0.2, 0) is 60.1 Å². The van der Waals surface area contributed by atoms with Crippen molar-refractivity contribution in [2.75, 3.05) is 99.4 Å². The molecule has 0 spiro atoms. The van der Waals surface area contributed by atoms with Crippen LogP contribution in [0.1, 0.15) is 126 Å². The zero-order valence-electron chi connectivity index (χ0n) is 76.0. The van der Waals surface area contributed by atoms with Crippen molar-refractivity contribution < 1.29 is 95.6 Å². The molecule has 0 aliphatic carbocycles. The van der Waals surface area contributed by atoms with Crippen molar-refractivity contribution in [1.82, 2.24) is 25.8 Å². The van der Waals surface area contributed by atoms with Crippen molar-refractivity contribution in [2.24, 2.45) is 35.5 Å². The summed E-state index contributed by atoms with van der Waals surface area (Å²) in [5, 5.41) is 3.42. The maximum Gasteiger partial charge on any atom is 0.356 e. The molecule has 41 heteroatoms. The Morgan fingerprint density at radius 2 is 0.615 bits per heavy atom. The zero-order valence-corrected chi connectivity index (χ0v) is 81.6. The van der Waals surface area contributed by atoms with Crippen LogP contribution in [0.4, 0.5) is 4.39 Å². The third-order valence-corrected chi connectivity index (χ3v) is 35.5. The molecule has 0 amide bonds. The molecule has 33 nitrogen and oxygen atoms in total. The van der Waals surface area contributed by atoms with Crippen LogP contribution in [0.25, 0.3) is 65.8 Å². The van der Waals surface area contributed by atoms with Gasteiger partial charge in [0.05, 0.1) is 20.8 Å². The van der Waals surface area contributed by atoms with Crippen LogP contribution in [0.5, 0.6) is 17.2 Å². The lowest BCUT2D eigenvalue weighted by Gasteiger charge is -2.29. The summed E-state index contributed by atoms with van der Waals surface area (Å²) in [5.74, 6) is 2.54. The molecule has 0 bridgehead atoms. The van der Waals surface area contributed by atoms with E-state index < -0.39 is 105 Å². The number of hydrogen-bond donors (Lipinski definition) is 0. The zero-order chi connectivity index (χ0) is 97.4. The highest BCUT2D eigenvalue weighted by Gasteiger charge is 2.39. The van der Waals surface area contributed by atoms with Crippen molar-refractivity contribution in [1.29, 1.82) is 0 Å². The first-order valence-corrected chi connectivity index (χ1v) is 53.5. The van der Waals surface area contributed by atoms with Gasteiger partial charge in [-0.2, -0.15) is 25.8 Å². The van der Waals surface area contributed by atoms with Crippen molar-refractivity contribution in [3.63, 3.8) is 0 Å². The Morgan fingerprint density at radius 1 is 0.319 bits per heavy atom. The number of methoxy groups -OCH3 is 2. The van der Waals surface area contributed by atoms with Crippen LogP contribution < -0.4 is 48.0 Å². The van der Waals surface area contributed by atoms with E-state index >= 15 is 0 Å². The largest absolute Gasteiger partial charge is 0.497 e. The van der Waals surface area contributed by atoms with Gasteiger partial charge in [0.15, 0.2) is 52.0 Å². The van der Waals surface area contributed by atoms with Gasteiger partial charge in [0.1, 0.15) is 33.9 Å². The molecule has 6 unspecified atom stereocenters. The van der Waals surface area contributed by atoms with Gasteiger partial charge in [-0.05, 0) is 223 Å². The lowest BCUT2D eigenvalue weighted by Crippen LogP contribution is -2.40. The smallest absolute Gasteiger partial charge is 0.356 e. The highest BCUT2D eigenvalue weighted by atomic mass is 35.5. The van der Waals surface area contributed by atoms with E-state index in [4.69, 9.17) is 52.3 Å². The van der Waals surface area contributed by atoms with Gasteiger partial charge in [0.2, 0.25) is 60.1 Å². The SMILES string of the molecule is CC1CCCN(S(=O)(=O)c2cc3cc(Cl)ccc3oc2=O)C1.CC1CCCN(S(=O)(=O)c2cc3cc(F)ccc3oc2=O)C1.CC1CCCN(S(=O)(=O)c2cc3ccccc3oc2=O)C1.CCOc1cccc2cc(S(=O)(=O)N3CCCC(C)C3)c(=O)oc12.COc1ccc2cc(S(=O)(=O)N3CCCC(C)C3)c(=O)oc2c1.COc1cccc2cc(S(=O)(=O)N3CCCC(C)C3)c(=O)oc12. The fourth-order valence-corrected chi connectivity index (χ4v) is 27.1. The summed E-state index contributed by atoms with van der Waals surface area (Å²) in [5.41, 5.74) is -3.40. The predicted octanol–water partition coefficient (Wildman–Crippen LogP) is 14.5. The molecular formula is C94H108ClFN6O27S6. The second-order valence-corrected chi connectivity index (χ2v) is 46.7. The summed E-state index contributed by atoms with van der Waals surface area (Å²) in [6, 6.07) is 38.5. The number of para-hydroxylation sites is 3. The molecule has 18 rings (SSSR count). The molecule has 6 atom stereocenters. The van der Waals surface area contributed by atoms with Gasteiger partial charge in [0, 0.05) is 122 Å². The molecule has 0 radical (unpaired) electrons. The van der Waals surface area contributed by atoms with Gasteiger partial charge in [-0.1, -0.05) is 95.6 Å². The van der Waals surface area contributed by atoms with E-state index in [1.807, 2.05) is 48.5 Å². The van der Waals surface area contributed by atoms with Crippen molar-refractivity contribution >= 4 is 138 Å². The van der Waals surface area contributed by atoms with Gasteiger partial charge >= 0.3 is 33.8 Å². The molecular weight excluding hydrogens is 1890 g/mol. The Bertz CT molecular complexity index is 7400. The minimum atomic E-state index is -3.93. The molecule has 6 aliphatic rings. The molecule has 0 saturated carbocycles. The maximum absolute atomic E-state index is 13.3. The quantitative estimate of drug-likeness (QED) is 0.0811. The number of fused-ring (bicyclic) bond motifs is 6. The summed E-state index contributed by atoms with van der Waals surface area (Å²) in [6.07, 6.45) is 10.7. The molecule has 12 aromatic rings. The number of ether oxygens (including phenoxy) is 3. The van der Waals surface area contributed by atoms with Crippen LogP contribution in [-0.4, -0.2) is 176 Å². The lowest BCUT2D eigenvalue weighted by atomic mass is 10.0. The number of sulfonamides is 6. The van der Waals surface area contributed by atoms with E-state index in [0.29, 0.717) is 157 Å². The van der Waals surface area contributed by atoms with Gasteiger partial charge < -0.3 is 40.7 Å². The summed E-state index contributed by atoms with van der Waals surface area (Å²) < 4.78 is 221. The number of nitrogens with zero attached hydrogens (tertiary/aromatic N) is 6. The third-order valence-electron chi connectivity index (χ3n) is 24.2. The monoisotopic (exact) mass is 2000 g/mol. The summed E-state index contributed by atoms with van der Waals surface area (Å²) in [6.45, 7) is 19.4. The average molecular weight is 2000 g/mol. The number of rotatable bonds is 16. The van der Waals surface area contributed by atoms with E-state index in [9.17, 15) is 83.7 Å². The van der Waals surface area contributed by atoms with Crippen LogP contribution in [0.2, 0.25) is 5.02 Å². The van der Waals surface area contributed by atoms with E-state index in [-0.39, 0.29) is 76.2 Å². The Kier molecular flexibility index (Phi) is 32.6. The maximum atomic E-state index is 13.3. The Balaban J connectivity index is 0.000000137. The molecule has 726 valence electrons. The van der Waals surface area contributed by atoms with Gasteiger partial charge in [-0.15, -0.1) is 0 Å². The summed E-state index contributed by atoms with van der Waals surface area (Å²) in [4.78, 5) is 71.0. The van der Waals surface area contributed by atoms with Crippen molar-refractivity contribution in [2.45, 2.75) is 155 Å². The average Bonchev–Trinajstić information content (AvgIpc) is 0.774. The third kappa shape index (κ3) is 23.6. The molecule has 12 heterocycles. The van der Waals surface area contributed by atoms with Gasteiger partial charge in [0.25, 0.3) is 0 Å². The van der Waals surface area contributed by atoms with Crippen LogP contribution >= 0.6 is 11.6 Å². The topological polar surface area (TPSA) is 433 Å². The molecule has 6 aliphatic heterocycles.